The van der Waals surface area contributed by atoms with Gasteiger partial charge in [0.15, 0.2) is 9.84 Å². The number of amides is 1. The highest BCUT2D eigenvalue weighted by Crippen LogP contribution is 2.42. The number of nitrogens with one attached hydrogen (secondary N) is 1. The Morgan fingerprint density at radius 1 is 1.33 bits per heavy atom. The number of carbonyl (C=O) groups excluding carboxylic acids is 1. The number of sulfone groups is 1. The average molecular weight is 309 g/mol. The summed E-state index contributed by atoms with van der Waals surface area (Å²) in [5.41, 5.74) is -0.385. The molecule has 3 heterocycles. The van der Waals surface area contributed by atoms with Gasteiger partial charge in [0.2, 0.25) is 0 Å². The Hall–Kier alpha value is -1.70. The van der Waals surface area contributed by atoms with Crippen molar-refractivity contribution in [1.82, 2.24) is 14.9 Å². The van der Waals surface area contributed by atoms with Gasteiger partial charge >= 0.3 is 0 Å². The molecule has 2 aliphatic heterocycles. The Bertz CT molecular complexity index is 774. The van der Waals surface area contributed by atoms with E-state index in [0.29, 0.717) is 18.9 Å². The summed E-state index contributed by atoms with van der Waals surface area (Å²) >= 11 is 0. The molecule has 1 saturated carbocycles. The quantitative estimate of drug-likeness (QED) is 0.795. The second kappa shape index (κ2) is 3.94. The monoisotopic (exact) mass is 309 g/mol. The third kappa shape index (κ3) is 2.17. The number of H-pyrrole nitrogens is 1. The predicted octanol–water partition coefficient (Wildman–Crippen LogP) is -0.482. The van der Waals surface area contributed by atoms with Crippen molar-refractivity contribution in [2.75, 3.05) is 24.6 Å². The molecule has 1 amide bonds. The second-order valence-electron chi connectivity index (χ2n) is 6.48. The van der Waals surface area contributed by atoms with Gasteiger partial charge in [0.05, 0.1) is 11.5 Å². The zero-order valence-corrected chi connectivity index (χ0v) is 12.1. The van der Waals surface area contributed by atoms with Crippen LogP contribution in [0.1, 0.15) is 35.1 Å². The average Bonchev–Trinajstić information content (AvgIpc) is 3.15. The highest BCUT2D eigenvalue weighted by molar-refractivity contribution is 7.92. The van der Waals surface area contributed by atoms with Gasteiger partial charge in [-0.2, -0.15) is 0 Å². The summed E-state index contributed by atoms with van der Waals surface area (Å²) in [6.07, 6.45) is 1.98. The predicted molar refractivity (Wildman–Crippen MR) is 73.8 cm³/mol. The molecular formula is C13H15N3O4S. The first-order chi connectivity index (χ1) is 9.86. The number of aromatic amines is 1. The summed E-state index contributed by atoms with van der Waals surface area (Å²) in [4.78, 5) is 32.4. The van der Waals surface area contributed by atoms with Crippen molar-refractivity contribution in [3.8, 4) is 0 Å². The zero-order chi connectivity index (χ0) is 14.8. The van der Waals surface area contributed by atoms with E-state index in [1.54, 1.807) is 4.90 Å². The number of carbonyl (C=O) groups is 1. The third-order valence-electron chi connectivity index (χ3n) is 4.34. The fourth-order valence-corrected chi connectivity index (χ4v) is 5.43. The summed E-state index contributed by atoms with van der Waals surface area (Å²) < 4.78 is 22.5. The van der Waals surface area contributed by atoms with Crippen molar-refractivity contribution in [1.29, 1.82) is 0 Å². The molecule has 1 N–H and O–H groups in total. The molecule has 0 aromatic carbocycles. The van der Waals surface area contributed by atoms with Crippen molar-refractivity contribution in [3.05, 3.63) is 27.9 Å². The van der Waals surface area contributed by atoms with E-state index in [1.165, 1.54) is 6.07 Å². The van der Waals surface area contributed by atoms with E-state index < -0.39 is 9.84 Å². The topological polar surface area (TPSA) is 100 Å². The molecule has 1 aliphatic carbocycles. The van der Waals surface area contributed by atoms with Crippen LogP contribution in [0.3, 0.4) is 0 Å². The van der Waals surface area contributed by atoms with Crippen LogP contribution in [0.5, 0.6) is 0 Å². The smallest absolute Gasteiger partial charge is 0.272 e. The lowest BCUT2D eigenvalue weighted by molar-refractivity contribution is 0.0196. The van der Waals surface area contributed by atoms with Crippen LogP contribution in [0.2, 0.25) is 0 Å². The molecule has 0 bridgehead atoms. The number of nitrogens with zero attached hydrogens (tertiary/aromatic N) is 2. The maximum Gasteiger partial charge on any atom is 0.272 e. The summed E-state index contributed by atoms with van der Waals surface area (Å²) in [5, 5.41) is 0. The summed E-state index contributed by atoms with van der Waals surface area (Å²) in [6, 6.07) is 1.22. The normalized spacial score (nSPS) is 25.2. The van der Waals surface area contributed by atoms with E-state index in [1.807, 2.05) is 0 Å². The Balaban J connectivity index is 1.50. The lowest BCUT2D eigenvalue weighted by Crippen LogP contribution is -2.69. The Kier molecular flexibility index (Phi) is 2.44. The van der Waals surface area contributed by atoms with Gasteiger partial charge in [-0.25, -0.2) is 13.4 Å². The van der Waals surface area contributed by atoms with Crippen LogP contribution in [-0.4, -0.2) is 53.8 Å². The first-order valence-electron chi connectivity index (χ1n) is 6.97. The van der Waals surface area contributed by atoms with Gasteiger partial charge in [0.1, 0.15) is 11.5 Å². The second-order valence-corrected chi connectivity index (χ2v) is 8.55. The summed E-state index contributed by atoms with van der Waals surface area (Å²) in [5.74, 6) is 0.912. The van der Waals surface area contributed by atoms with E-state index >= 15 is 0 Å². The molecule has 2 saturated heterocycles. The van der Waals surface area contributed by atoms with Gasteiger partial charge in [0, 0.05) is 30.5 Å². The van der Waals surface area contributed by atoms with Gasteiger partial charge in [0.25, 0.3) is 11.5 Å². The molecule has 1 aromatic heterocycles. The van der Waals surface area contributed by atoms with Gasteiger partial charge in [-0.15, -0.1) is 0 Å². The van der Waals surface area contributed by atoms with Crippen LogP contribution in [-0.2, 0) is 9.84 Å². The van der Waals surface area contributed by atoms with E-state index in [9.17, 15) is 18.0 Å². The summed E-state index contributed by atoms with van der Waals surface area (Å²) in [6.45, 7) is 0.886. The van der Waals surface area contributed by atoms with Gasteiger partial charge in [-0.3, -0.25) is 9.59 Å². The molecule has 21 heavy (non-hydrogen) atoms. The van der Waals surface area contributed by atoms with E-state index in [2.05, 4.69) is 9.97 Å². The van der Waals surface area contributed by atoms with Gasteiger partial charge < -0.3 is 9.88 Å². The van der Waals surface area contributed by atoms with Crippen LogP contribution < -0.4 is 5.56 Å². The van der Waals surface area contributed by atoms with Crippen LogP contribution in [0.4, 0.5) is 0 Å². The van der Waals surface area contributed by atoms with Crippen LogP contribution in [0, 0.1) is 5.41 Å². The minimum Gasteiger partial charge on any atom is -0.336 e. The number of likely N-dealkylation sites (tertiary alicyclic amines) is 1. The lowest BCUT2D eigenvalue weighted by atomic mass is 9.82. The zero-order valence-electron chi connectivity index (χ0n) is 11.3. The molecule has 0 atom stereocenters. The number of rotatable bonds is 2. The molecule has 112 valence electrons. The van der Waals surface area contributed by atoms with Gasteiger partial charge in [-0.1, -0.05) is 0 Å². The van der Waals surface area contributed by atoms with Crippen molar-refractivity contribution in [3.63, 3.8) is 0 Å². The summed E-state index contributed by atoms with van der Waals surface area (Å²) in [7, 11) is -2.89. The fourth-order valence-electron chi connectivity index (χ4n) is 3.28. The van der Waals surface area contributed by atoms with E-state index in [4.69, 9.17) is 0 Å². The molecule has 1 spiro atoms. The van der Waals surface area contributed by atoms with Crippen LogP contribution in [0.15, 0.2) is 10.9 Å². The highest BCUT2D eigenvalue weighted by Gasteiger charge is 2.57. The molecular weight excluding hydrogens is 294 g/mol. The molecule has 8 heteroatoms. The van der Waals surface area contributed by atoms with Crippen molar-refractivity contribution in [2.45, 2.75) is 18.8 Å². The van der Waals surface area contributed by atoms with Crippen LogP contribution >= 0.6 is 0 Å². The lowest BCUT2D eigenvalue weighted by Gasteiger charge is -2.54. The minimum atomic E-state index is -2.89. The van der Waals surface area contributed by atoms with Crippen molar-refractivity contribution in [2.24, 2.45) is 5.41 Å². The molecule has 7 nitrogen and oxygen atoms in total. The standard InChI is InChI=1S/C13H15N3O4S/c17-10-3-9(14-11(15-10)8-1-2-8)12(18)16-4-13(5-16)6-21(19,20)7-13/h3,8H,1-2,4-7H2,(H,14,15,17). The molecule has 4 rings (SSSR count). The third-order valence-corrected chi connectivity index (χ3v) is 6.44. The van der Waals surface area contributed by atoms with E-state index in [0.717, 1.165) is 12.8 Å². The Labute approximate surface area is 121 Å². The number of hydrogen-bond donors (Lipinski definition) is 1. The maximum atomic E-state index is 12.3. The molecule has 0 radical (unpaired) electrons. The van der Waals surface area contributed by atoms with E-state index in [-0.39, 0.29) is 40.0 Å². The number of hydrogen-bond acceptors (Lipinski definition) is 5. The molecule has 1 aromatic rings. The maximum absolute atomic E-state index is 12.3. The Morgan fingerprint density at radius 3 is 2.57 bits per heavy atom. The van der Waals surface area contributed by atoms with Crippen molar-refractivity contribution >= 4 is 15.7 Å². The molecule has 3 aliphatic rings. The first kappa shape index (κ1) is 13.0. The van der Waals surface area contributed by atoms with Crippen LogP contribution in [0.25, 0.3) is 0 Å². The number of aromatic nitrogens is 2. The highest BCUT2D eigenvalue weighted by atomic mass is 32.2. The minimum absolute atomic E-state index is 0.165. The van der Waals surface area contributed by atoms with Crippen molar-refractivity contribution < 1.29 is 13.2 Å². The van der Waals surface area contributed by atoms with Gasteiger partial charge in [-0.05, 0) is 12.8 Å². The molecule has 3 fully saturated rings. The fraction of sp³-hybridized carbons (Fsp3) is 0.615. The SMILES string of the molecule is O=C(c1cc(=O)[nH]c(C2CC2)n1)N1CC2(C1)CS(=O)(=O)C2. The largest absolute Gasteiger partial charge is 0.336 e. The first-order valence-corrected chi connectivity index (χ1v) is 8.79. The Morgan fingerprint density at radius 2 is 2.00 bits per heavy atom. The molecule has 0 unspecified atom stereocenters.